The first kappa shape index (κ1) is 13.6. The molecule has 0 saturated carbocycles. The molecule has 0 amide bonds. The minimum absolute atomic E-state index is 0.0295. The normalized spacial score (nSPS) is 20.8. The van der Waals surface area contributed by atoms with Crippen molar-refractivity contribution in [2.75, 3.05) is 0 Å². The summed E-state index contributed by atoms with van der Waals surface area (Å²) in [6, 6.07) is 3.34. The molecule has 2 aromatic rings. The zero-order chi connectivity index (χ0) is 14.5. The molecule has 0 fully saturated rings. The number of hydrogen-bond donors (Lipinski definition) is 1. The molecule has 1 atom stereocenters. The van der Waals surface area contributed by atoms with Crippen molar-refractivity contribution < 1.29 is 13.9 Å². The van der Waals surface area contributed by atoms with Crippen molar-refractivity contribution in [1.29, 1.82) is 0 Å². The SMILES string of the molecule is CC1(C)Cc2nc(-c3cc(F)ccc3F)sc2C(O)C1. The third kappa shape index (κ3) is 2.36. The highest BCUT2D eigenvalue weighted by Gasteiger charge is 2.34. The lowest BCUT2D eigenvalue weighted by Crippen LogP contribution is -2.24. The average molecular weight is 295 g/mol. The molecule has 3 rings (SSSR count). The van der Waals surface area contributed by atoms with Gasteiger partial charge in [0.1, 0.15) is 16.6 Å². The molecule has 1 heterocycles. The molecule has 1 aromatic carbocycles. The van der Waals surface area contributed by atoms with Crippen molar-refractivity contribution >= 4 is 11.3 Å². The molecule has 106 valence electrons. The van der Waals surface area contributed by atoms with Crippen molar-refractivity contribution in [2.24, 2.45) is 5.41 Å². The van der Waals surface area contributed by atoms with Gasteiger partial charge in [-0.2, -0.15) is 0 Å². The van der Waals surface area contributed by atoms with Gasteiger partial charge < -0.3 is 5.11 Å². The van der Waals surface area contributed by atoms with Gasteiger partial charge in [-0.3, -0.25) is 0 Å². The number of aliphatic hydroxyl groups excluding tert-OH is 1. The van der Waals surface area contributed by atoms with Crippen LogP contribution in [0.5, 0.6) is 0 Å². The fourth-order valence-corrected chi connectivity index (χ4v) is 3.75. The van der Waals surface area contributed by atoms with Gasteiger partial charge in [-0.1, -0.05) is 13.8 Å². The Balaban J connectivity index is 2.08. The molecule has 0 aliphatic heterocycles. The molecule has 0 radical (unpaired) electrons. The van der Waals surface area contributed by atoms with Crippen LogP contribution < -0.4 is 0 Å². The summed E-state index contributed by atoms with van der Waals surface area (Å²) < 4.78 is 27.1. The first-order chi connectivity index (χ1) is 9.35. The number of aliphatic hydroxyl groups is 1. The van der Waals surface area contributed by atoms with E-state index in [0.717, 1.165) is 35.2 Å². The molecule has 0 bridgehead atoms. The van der Waals surface area contributed by atoms with Crippen LogP contribution in [0.4, 0.5) is 8.78 Å². The number of fused-ring (bicyclic) bond motifs is 1. The Labute approximate surface area is 120 Å². The second-order valence-corrected chi connectivity index (χ2v) is 7.05. The Hall–Kier alpha value is -1.33. The van der Waals surface area contributed by atoms with Gasteiger partial charge in [0, 0.05) is 5.56 Å². The van der Waals surface area contributed by atoms with E-state index in [2.05, 4.69) is 18.8 Å². The Morgan fingerprint density at radius 3 is 2.85 bits per heavy atom. The van der Waals surface area contributed by atoms with Crippen LogP contribution in [0.15, 0.2) is 18.2 Å². The summed E-state index contributed by atoms with van der Waals surface area (Å²) in [4.78, 5) is 5.20. The molecular weight excluding hydrogens is 280 g/mol. The number of nitrogens with zero attached hydrogens (tertiary/aromatic N) is 1. The Kier molecular flexibility index (Phi) is 3.14. The summed E-state index contributed by atoms with van der Waals surface area (Å²) in [6.45, 7) is 4.14. The van der Waals surface area contributed by atoms with Crippen LogP contribution in [0.1, 0.15) is 36.9 Å². The van der Waals surface area contributed by atoms with E-state index in [1.807, 2.05) is 0 Å². The molecule has 20 heavy (non-hydrogen) atoms. The van der Waals surface area contributed by atoms with E-state index in [1.165, 1.54) is 11.3 Å². The van der Waals surface area contributed by atoms with Gasteiger partial charge in [0.05, 0.1) is 16.7 Å². The summed E-state index contributed by atoms with van der Waals surface area (Å²) in [7, 11) is 0. The largest absolute Gasteiger partial charge is 0.387 e. The smallest absolute Gasteiger partial charge is 0.133 e. The van der Waals surface area contributed by atoms with Gasteiger partial charge in [-0.15, -0.1) is 11.3 Å². The number of halogens is 2. The predicted octanol–water partition coefficient (Wildman–Crippen LogP) is 4.09. The van der Waals surface area contributed by atoms with E-state index in [9.17, 15) is 13.9 Å². The summed E-state index contributed by atoms with van der Waals surface area (Å²) in [5.74, 6) is -0.985. The second kappa shape index (κ2) is 4.60. The highest BCUT2D eigenvalue weighted by molar-refractivity contribution is 7.15. The van der Waals surface area contributed by atoms with Gasteiger partial charge >= 0.3 is 0 Å². The first-order valence-corrected chi connectivity index (χ1v) is 7.30. The lowest BCUT2D eigenvalue weighted by Gasteiger charge is -2.31. The zero-order valence-corrected chi connectivity index (χ0v) is 12.1. The maximum absolute atomic E-state index is 13.8. The minimum atomic E-state index is -0.573. The van der Waals surface area contributed by atoms with E-state index < -0.39 is 17.7 Å². The number of benzene rings is 1. The lowest BCUT2D eigenvalue weighted by molar-refractivity contribution is 0.102. The highest BCUT2D eigenvalue weighted by atomic mass is 32.1. The molecule has 0 saturated heterocycles. The van der Waals surface area contributed by atoms with Gasteiger partial charge in [0.2, 0.25) is 0 Å². The summed E-state index contributed by atoms with van der Waals surface area (Å²) in [5, 5.41) is 10.6. The number of aromatic nitrogens is 1. The Bertz CT molecular complexity index is 666. The van der Waals surface area contributed by atoms with Crippen molar-refractivity contribution in [3.05, 3.63) is 40.4 Å². The van der Waals surface area contributed by atoms with Gasteiger partial charge in [-0.25, -0.2) is 13.8 Å². The standard InChI is InChI=1S/C15H15F2NOS/c1-15(2)6-11-13(12(19)7-15)20-14(18-11)9-5-8(16)3-4-10(9)17/h3-5,12,19H,6-7H2,1-2H3. The van der Waals surface area contributed by atoms with E-state index >= 15 is 0 Å². The second-order valence-electron chi connectivity index (χ2n) is 6.02. The molecule has 0 spiro atoms. The quantitative estimate of drug-likeness (QED) is 0.859. The lowest BCUT2D eigenvalue weighted by atomic mass is 9.77. The Morgan fingerprint density at radius 1 is 1.35 bits per heavy atom. The number of hydrogen-bond acceptors (Lipinski definition) is 3. The molecule has 2 nitrogen and oxygen atoms in total. The topological polar surface area (TPSA) is 33.1 Å². The molecular formula is C15H15F2NOS. The van der Waals surface area contributed by atoms with E-state index in [4.69, 9.17) is 0 Å². The van der Waals surface area contributed by atoms with Crippen LogP contribution in [-0.4, -0.2) is 10.1 Å². The summed E-state index contributed by atoms with van der Waals surface area (Å²) in [5.41, 5.74) is 0.935. The maximum Gasteiger partial charge on any atom is 0.133 e. The molecule has 5 heteroatoms. The number of rotatable bonds is 1. The highest BCUT2D eigenvalue weighted by Crippen LogP contribution is 2.44. The molecule has 1 aliphatic rings. The molecule has 1 aliphatic carbocycles. The van der Waals surface area contributed by atoms with Crippen molar-refractivity contribution in [3.8, 4) is 10.6 Å². The molecule has 1 aromatic heterocycles. The maximum atomic E-state index is 13.8. The van der Waals surface area contributed by atoms with Crippen LogP contribution in [0.3, 0.4) is 0 Å². The summed E-state index contributed by atoms with van der Waals surface area (Å²) >= 11 is 1.25. The fourth-order valence-electron chi connectivity index (χ4n) is 2.67. The average Bonchev–Trinajstić information content (AvgIpc) is 2.74. The predicted molar refractivity (Wildman–Crippen MR) is 74.5 cm³/mol. The van der Waals surface area contributed by atoms with Crippen molar-refractivity contribution in [2.45, 2.75) is 32.8 Å². The van der Waals surface area contributed by atoms with E-state index in [0.29, 0.717) is 11.4 Å². The zero-order valence-electron chi connectivity index (χ0n) is 11.3. The monoisotopic (exact) mass is 295 g/mol. The van der Waals surface area contributed by atoms with E-state index in [-0.39, 0.29) is 11.0 Å². The van der Waals surface area contributed by atoms with Crippen LogP contribution in [0.25, 0.3) is 10.6 Å². The van der Waals surface area contributed by atoms with Gasteiger partial charge in [0.25, 0.3) is 0 Å². The van der Waals surface area contributed by atoms with E-state index in [1.54, 1.807) is 0 Å². The van der Waals surface area contributed by atoms with Crippen molar-refractivity contribution in [3.63, 3.8) is 0 Å². The molecule has 1 N–H and O–H groups in total. The van der Waals surface area contributed by atoms with Gasteiger partial charge in [0.15, 0.2) is 0 Å². The van der Waals surface area contributed by atoms with Crippen LogP contribution in [-0.2, 0) is 6.42 Å². The minimum Gasteiger partial charge on any atom is -0.387 e. The van der Waals surface area contributed by atoms with Gasteiger partial charge in [-0.05, 0) is 36.5 Å². The molecule has 1 unspecified atom stereocenters. The summed E-state index contributed by atoms with van der Waals surface area (Å²) in [6.07, 6.45) is 0.830. The first-order valence-electron chi connectivity index (χ1n) is 6.49. The third-order valence-electron chi connectivity index (χ3n) is 3.58. The van der Waals surface area contributed by atoms with Crippen LogP contribution in [0.2, 0.25) is 0 Å². The Morgan fingerprint density at radius 2 is 2.10 bits per heavy atom. The van der Waals surface area contributed by atoms with Crippen LogP contribution >= 0.6 is 11.3 Å². The fraction of sp³-hybridized carbons (Fsp3) is 0.400. The number of thiazole rings is 1. The van der Waals surface area contributed by atoms with Crippen molar-refractivity contribution in [1.82, 2.24) is 4.98 Å². The van der Waals surface area contributed by atoms with Crippen LogP contribution in [0, 0.1) is 17.0 Å². The third-order valence-corrected chi connectivity index (χ3v) is 4.81.